The van der Waals surface area contributed by atoms with Crippen molar-refractivity contribution in [1.29, 1.82) is 0 Å². The molecule has 1 aliphatic rings. The third kappa shape index (κ3) is 3.15. The Morgan fingerprint density at radius 1 is 1.04 bits per heavy atom. The number of ether oxygens (including phenoxy) is 1. The van der Waals surface area contributed by atoms with E-state index in [-0.39, 0.29) is 5.91 Å². The molecule has 130 valence electrons. The van der Waals surface area contributed by atoms with Crippen LogP contribution in [0, 0.1) is 0 Å². The molecule has 5 nitrogen and oxygen atoms in total. The summed E-state index contributed by atoms with van der Waals surface area (Å²) >= 11 is 3.43. The van der Waals surface area contributed by atoms with Gasteiger partial charge in [0.2, 0.25) is 6.10 Å². The van der Waals surface area contributed by atoms with Crippen molar-refractivity contribution >= 4 is 33.5 Å². The zero-order chi connectivity index (χ0) is 18.1. The number of fused-ring (bicyclic) bond motifs is 1. The van der Waals surface area contributed by atoms with Crippen LogP contribution in [-0.2, 0) is 11.3 Å². The maximum atomic E-state index is 13.2. The number of hydrogen-bond donors (Lipinski definition) is 1. The second kappa shape index (κ2) is 6.80. The molecule has 26 heavy (non-hydrogen) atoms. The predicted octanol–water partition coefficient (Wildman–Crippen LogP) is 4.09. The van der Waals surface area contributed by atoms with Crippen LogP contribution in [0.4, 0.5) is 11.6 Å². The van der Waals surface area contributed by atoms with Crippen LogP contribution in [0.3, 0.4) is 0 Å². The van der Waals surface area contributed by atoms with Crippen molar-refractivity contribution in [3.05, 3.63) is 82.3 Å². The lowest BCUT2D eigenvalue weighted by Gasteiger charge is -2.33. The van der Waals surface area contributed by atoms with Gasteiger partial charge in [-0.25, -0.2) is 4.98 Å². The van der Waals surface area contributed by atoms with E-state index >= 15 is 0 Å². The van der Waals surface area contributed by atoms with Gasteiger partial charge in [-0.3, -0.25) is 9.69 Å². The summed E-state index contributed by atoms with van der Waals surface area (Å²) in [5, 5.41) is 0. The highest BCUT2D eigenvalue weighted by molar-refractivity contribution is 9.10. The first-order chi connectivity index (χ1) is 12.6. The average Bonchev–Trinajstić information content (AvgIpc) is 2.66. The molecule has 0 bridgehead atoms. The summed E-state index contributed by atoms with van der Waals surface area (Å²) in [5.41, 5.74) is 7.64. The average molecular weight is 410 g/mol. The van der Waals surface area contributed by atoms with Crippen molar-refractivity contribution in [3.63, 3.8) is 0 Å². The zero-order valence-electron chi connectivity index (χ0n) is 13.8. The lowest BCUT2D eigenvalue weighted by atomic mass is 10.1. The fraction of sp³-hybridized carbons (Fsp3) is 0.100. The SMILES string of the molecule is Nc1ccc2c(n1)N(Cc1ccc(Br)cc1)C(=O)C(c1ccccc1)O2. The lowest BCUT2D eigenvalue weighted by molar-refractivity contribution is -0.126. The number of nitrogens with two attached hydrogens (primary N) is 1. The predicted molar refractivity (Wildman–Crippen MR) is 104 cm³/mol. The molecular formula is C20H16BrN3O2. The Hall–Kier alpha value is -2.86. The van der Waals surface area contributed by atoms with Gasteiger partial charge in [0.05, 0.1) is 6.54 Å². The Bertz CT molecular complexity index is 945. The standard InChI is InChI=1S/C20H16BrN3O2/c21-15-8-6-13(7-9-15)12-24-19-16(10-11-17(22)23-19)26-18(20(24)25)14-4-2-1-3-5-14/h1-11,18H,12H2,(H2,22,23). The molecule has 2 aromatic carbocycles. The quantitative estimate of drug-likeness (QED) is 0.706. The number of nitrogens with zero attached hydrogens (tertiary/aromatic N) is 2. The first-order valence-electron chi connectivity index (χ1n) is 8.16. The minimum absolute atomic E-state index is 0.162. The highest BCUT2D eigenvalue weighted by Crippen LogP contribution is 2.38. The summed E-state index contributed by atoms with van der Waals surface area (Å²) < 4.78 is 6.94. The lowest BCUT2D eigenvalue weighted by Crippen LogP contribution is -2.41. The Labute approximate surface area is 159 Å². The van der Waals surface area contributed by atoms with E-state index in [0.29, 0.717) is 23.9 Å². The summed E-state index contributed by atoms with van der Waals surface area (Å²) in [5.74, 6) is 1.18. The molecule has 6 heteroatoms. The second-order valence-corrected chi connectivity index (χ2v) is 6.93. The molecule has 0 radical (unpaired) electrons. The molecule has 0 saturated heterocycles. The molecule has 1 aromatic heterocycles. The van der Waals surface area contributed by atoms with E-state index in [2.05, 4.69) is 20.9 Å². The van der Waals surface area contributed by atoms with Gasteiger partial charge in [0.15, 0.2) is 11.6 Å². The highest BCUT2D eigenvalue weighted by atomic mass is 79.9. The summed E-state index contributed by atoms with van der Waals surface area (Å²) in [7, 11) is 0. The molecule has 1 atom stereocenters. The van der Waals surface area contributed by atoms with Crippen LogP contribution in [0.1, 0.15) is 17.2 Å². The molecule has 3 aromatic rings. The maximum Gasteiger partial charge on any atom is 0.274 e. The first-order valence-corrected chi connectivity index (χ1v) is 8.95. The van der Waals surface area contributed by atoms with Gasteiger partial charge in [0.1, 0.15) is 5.82 Å². The fourth-order valence-electron chi connectivity index (χ4n) is 2.92. The van der Waals surface area contributed by atoms with Gasteiger partial charge in [-0.15, -0.1) is 0 Å². The smallest absolute Gasteiger partial charge is 0.274 e. The number of halogens is 1. The molecule has 0 aliphatic carbocycles. The fourth-order valence-corrected chi connectivity index (χ4v) is 3.19. The van der Waals surface area contributed by atoms with E-state index in [1.54, 1.807) is 17.0 Å². The third-order valence-electron chi connectivity index (χ3n) is 4.21. The summed E-state index contributed by atoms with van der Waals surface area (Å²) in [6.45, 7) is 0.391. The van der Waals surface area contributed by atoms with Crippen molar-refractivity contribution < 1.29 is 9.53 Å². The molecule has 0 spiro atoms. The van der Waals surface area contributed by atoms with Crippen LogP contribution in [0.15, 0.2) is 71.2 Å². The van der Waals surface area contributed by atoms with E-state index in [1.807, 2.05) is 54.6 Å². The van der Waals surface area contributed by atoms with E-state index in [9.17, 15) is 4.79 Å². The van der Waals surface area contributed by atoms with E-state index < -0.39 is 6.10 Å². The van der Waals surface area contributed by atoms with E-state index in [1.165, 1.54) is 0 Å². The minimum atomic E-state index is -0.704. The van der Waals surface area contributed by atoms with Crippen LogP contribution in [0.2, 0.25) is 0 Å². The van der Waals surface area contributed by atoms with Crippen molar-refractivity contribution in [2.24, 2.45) is 0 Å². The number of benzene rings is 2. The van der Waals surface area contributed by atoms with Crippen molar-refractivity contribution in [3.8, 4) is 5.75 Å². The van der Waals surface area contributed by atoms with E-state index in [4.69, 9.17) is 10.5 Å². The third-order valence-corrected chi connectivity index (χ3v) is 4.74. The van der Waals surface area contributed by atoms with Crippen molar-refractivity contribution in [2.75, 3.05) is 10.6 Å². The second-order valence-electron chi connectivity index (χ2n) is 6.02. The topological polar surface area (TPSA) is 68.5 Å². The highest BCUT2D eigenvalue weighted by Gasteiger charge is 2.36. The molecule has 1 aliphatic heterocycles. The van der Waals surface area contributed by atoms with Gasteiger partial charge in [-0.1, -0.05) is 58.4 Å². The summed E-state index contributed by atoms with van der Waals surface area (Å²) in [6, 6.07) is 20.7. The van der Waals surface area contributed by atoms with Crippen LogP contribution < -0.4 is 15.4 Å². The minimum Gasteiger partial charge on any atom is -0.472 e. The van der Waals surface area contributed by atoms with Gasteiger partial charge in [-0.2, -0.15) is 0 Å². The normalized spacial score (nSPS) is 16.1. The van der Waals surface area contributed by atoms with Crippen molar-refractivity contribution in [1.82, 2.24) is 4.98 Å². The molecule has 0 fully saturated rings. The Morgan fingerprint density at radius 2 is 1.77 bits per heavy atom. The largest absolute Gasteiger partial charge is 0.472 e. The zero-order valence-corrected chi connectivity index (χ0v) is 15.4. The number of anilines is 2. The first kappa shape index (κ1) is 16.6. The van der Waals surface area contributed by atoms with Crippen LogP contribution >= 0.6 is 15.9 Å². The van der Waals surface area contributed by atoms with Crippen molar-refractivity contribution in [2.45, 2.75) is 12.6 Å². The number of nitrogen functional groups attached to an aromatic ring is 1. The number of hydrogen-bond acceptors (Lipinski definition) is 4. The number of rotatable bonds is 3. The molecule has 1 unspecified atom stereocenters. The maximum absolute atomic E-state index is 13.2. The molecule has 4 rings (SSSR count). The molecular weight excluding hydrogens is 394 g/mol. The van der Waals surface area contributed by atoms with Gasteiger partial charge in [0.25, 0.3) is 5.91 Å². The van der Waals surface area contributed by atoms with Crippen LogP contribution in [-0.4, -0.2) is 10.9 Å². The van der Waals surface area contributed by atoms with Crippen LogP contribution in [0.5, 0.6) is 5.75 Å². The Morgan fingerprint density at radius 3 is 2.50 bits per heavy atom. The Balaban J connectivity index is 1.75. The molecule has 0 saturated carbocycles. The van der Waals surface area contributed by atoms with Gasteiger partial charge in [-0.05, 0) is 29.8 Å². The van der Waals surface area contributed by atoms with Gasteiger partial charge in [0, 0.05) is 10.0 Å². The number of carbonyl (C=O) groups is 1. The number of pyridine rings is 1. The van der Waals surface area contributed by atoms with Crippen LogP contribution in [0.25, 0.3) is 0 Å². The van der Waals surface area contributed by atoms with E-state index in [0.717, 1.165) is 15.6 Å². The Kier molecular flexibility index (Phi) is 4.34. The molecule has 2 heterocycles. The summed E-state index contributed by atoms with van der Waals surface area (Å²) in [6.07, 6.45) is -0.704. The number of aromatic nitrogens is 1. The van der Waals surface area contributed by atoms with Gasteiger partial charge < -0.3 is 10.5 Å². The molecule has 1 amide bonds. The monoisotopic (exact) mass is 409 g/mol. The van der Waals surface area contributed by atoms with Gasteiger partial charge >= 0.3 is 0 Å². The number of amides is 1. The number of carbonyl (C=O) groups excluding carboxylic acids is 1. The molecule has 2 N–H and O–H groups in total. The summed E-state index contributed by atoms with van der Waals surface area (Å²) in [4.78, 5) is 19.2.